The molecule has 0 radical (unpaired) electrons. The summed E-state index contributed by atoms with van der Waals surface area (Å²) in [5.41, 5.74) is 1.16. The van der Waals surface area contributed by atoms with Crippen LogP contribution in [0.5, 0.6) is 0 Å². The lowest BCUT2D eigenvalue weighted by molar-refractivity contribution is 0.498. The van der Waals surface area contributed by atoms with Gasteiger partial charge in [-0.3, -0.25) is 4.68 Å². The first-order chi connectivity index (χ1) is 8.20. The van der Waals surface area contributed by atoms with Gasteiger partial charge in [-0.15, -0.1) is 5.10 Å². The van der Waals surface area contributed by atoms with Gasteiger partial charge < -0.3 is 0 Å². The summed E-state index contributed by atoms with van der Waals surface area (Å²) in [7, 11) is 0. The Hall–Kier alpha value is -1.78. The molecule has 5 heteroatoms. The van der Waals surface area contributed by atoms with Crippen LogP contribution >= 0.6 is 0 Å². The average Bonchev–Trinajstić information content (AvgIpc) is 2.79. The highest BCUT2D eigenvalue weighted by Crippen LogP contribution is 2.13. The molecule has 1 aromatic carbocycles. The van der Waals surface area contributed by atoms with Gasteiger partial charge in [-0.05, 0) is 31.4 Å². The third-order valence-corrected chi connectivity index (χ3v) is 2.59. The summed E-state index contributed by atoms with van der Waals surface area (Å²) in [5, 5.41) is 7.84. The van der Waals surface area contributed by atoms with E-state index in [9.17, 15) is 8.78 Å². The van der Waals surface area contributed by atoms with Gasteiger partial charge in [0, 0.05) is 12.7 Å². The predicted octanol–water partition coefficient (Wildman–Crippen LogP) is 2.36. The standard InChI is InChI=1S/C12H13F2N3/c1-2-17-8-10(15-16-17)7-6-9-4-3-5-11(13)12(9)14/h3-5,8H,2,6-7H2,1H3. The van der Waals surface area contributed by atoms with Crippen molar-refractivity contribution in [2.24, 2.45) is 0 Å². The number of benzene rings is 1. The van der Waals surface area contributed by atoms with Crippen LogP contribution in [0.2, 0.25) is 0 Å². The summed E-state index contributed by atoms with van der Waals surface area (Å²) in [6.07, 6.45) is 2.80. The molecule has 90 valence electrons. The summed E-state index contributed by atoms with van der Waals surface area (Å²) in [4.78, 5) is 0. The minimum atomic E-state index is -0.806. The molecule has 0 unspecified atom stereocenters. The van der Waals surface area contributed by atoms with Crippen molar-refractivity contribution in [3.05, 3.63) is 47.3 Å². The molecular weight excluding hydrogens is 224 g/mol. The molecule has 0 spiro atoms. The number of halogens is 2. The minimum absolute atomic E-state index is 0.371. The number of hydrogen-bond donors (Lipinski definition) is 0. The van der Waals surface area contributed by atoms with Crippen LogP contribution in [0, 0.1) is 11.6 Å². The largest absolute Gasteiger partial charge is 0.253 e. The van der Waals surface area contributed by atoms with Gasteiger partial charge in [0.1, 0.15) is 0 Å². The van der Waals surface area contributed by atoms with Gasteiger partial charge in [-0.25, -0.2) is 8.78 Å². The number of aromatic nitrogens is 3. The molecule has 0 bridgehead atoms. The number of aryl methyl sites for hydroxylation is 3. The first-order valence-corrected chi connectivity index (χ1v) is 5.52. The normalized spacial score (nSPS) is 10.8. The first-order valence-electron chi connectivity index (χ1n) is 5.52. The molecule has 0 fully saturated rings. The molecule has 0 saturated carbocycles. The number of hydrogen-bond acceptors (Lipinski definition) is 2. The topological polar surface area (TPSA) is 30.7 Å². The van der Waals surface area contributed by atoms with Crippen LogP contribution in [0.15, 0.2) is 24.4 Å². The van der Waals surface area contributed by atoms with Crippen LogP contribution in [-0.4, -0.2) is 15.0 Å². The van der Waals surface area contributed by atoms with Crippen LogP contribution in [0.3, 0.4) is 0 Å². The Labute approximate surface area is 98.1 Å². The van der Waals surface area contributed by atoms with Crippen molar-refractivity contribution in [1.82, 2.24) is 15.0 Å². The summed E-state index contributed by atoms with van der Waals surface area (Å²) >= 11 is 0. The lowest BCUT2D eigenvalue weighted by atomic mass is 10.1. The molecule has 0 amide bonds. The zero-order valence-electron chi connectivity index (χ0n) is 9.53. The number of nitrogens with zero attached hydrogens (tertiary/aromatic N) is 3. The summed E-state index contributed by atoms with van der Waals surface area (Å²) in [6.45, 7) is 2.71. The highest BCUT2D eigenvalue weighted by Gasteiger charge is 2.08. The molecule has 0 aliphatic carbocycles. The molecule has 17 heavy (non-hydrogen) atoms. The van der Waals surface area contributed by atoms with Gasteiger partial charge in [-0.1, -0.05) is 17.3 Å². The molecule has 1 aromatic heterocycles. The van der Waals surface area contributed by atoms with Gasteiger partial charge in [0.2, 0.25) is 0 Å². The second-order valence-electron chi connectivity index (χ2n) is 3.78. The summed E-state index contributed by atoms with van der Waals surface area (Å²) in [5.74, 6) is -1.57. The van der Waals surface area contributed by atoms with Gasteiger partial charge in [0.25, 0.3) is 0 Å². The second kappa shape index (κ2) is 5.03. The zero-order valence-corrected chi connectivity index (χ0v) is 9.53. The van der Waals surface area contributed by atoms with E-state index in [1.54, 1.807) is 10.7 Å². The Morgan fingerprint density at radius 1 is 1.24 bits per heavy atom. The maximum atomic E-state index is 13.4. The quantitative estimate of drug-likeness (QED) is 0.817. The Morgan fingerprint density at radius 2 is 2.06 bits per heavy atom. The van der Waals surface area contributed by atoms with Crippen molar-refractivity contribution < 1.29 is 8.78 Å². The molecule has 2 rings (SSSR count). The van der Waals surface area contributed by atoms with Crippen molar-refractivity contribution >= 4 is 0 Å². The van der Waals surface area contributed by atoms with Crippen molar-refractivity contribution in [3.8, 4) is 0 Å². The number of rotatable bonds is 4. The Morgan fingerprint density at radius 3 is 2.76 bits per heavy atom. The smallest absolute Gasteiger partial charge is 0.162 e. The molecular formula is C12H13F2N3. The van der Waals surface area contributed by atoms with Crippen molar-refractivity contribution in [3.63, 3.8) is 0 Å². The van der Waals surface area contributed by atoms with E-state index in [0.29, 0.717) is 18.4 Å². The molecule has 0 atom stereocenters. The van der Waals surface area contributed by atoms with Gasteiger partial charge in [-0.2, -0.15) is 0 Å². The van der Waals surface area contributed by atoms with Crippen molar-refractivity contribution in [1.29, 1.82) is 0 Å². The van der Waals surface area contributed by atoms with E-state index in [4.69, 9.17) is 0 Å². The lowest BCUT2D eigenvalue weighted by Gasteiger charge is -2.01. The lowest BCUT2D eigenvalue weighted by Crippen LogP contribution is -1.97. The molecule has 0 aliphatic rings. The highest BCUT2D eigenvalue weighted by atomic mass is 19.2. The molecule has 3 nitrogen and oxygen atoms in total. The maximum absolute atomic E-state index is 13.4. The second-order valence-corrected chi connectivity index (χ2v) is 3.78. The van der Waals surface area contributed by atoms with E-state index in [-0.39, 0.29) is 0 Å². The molecule has 0 saturated heterocycles. The van der Waals surface area contributed by atoms with Crippen LogP contribution < -0.4 is 0 Å². The monoisotopic (exact) mass is 237 g/mol. The van der Waals surface area contributed by atoms with E-state index in [2.05, 4.69) is 10.3 Å². The van der Waals surface area contributed by atoms with E-state index >= 15 is 0 Å². The van der Waals surface area contributed by atoms with Crippen molar-refractivity contribution in [2.45, 2.75) is 26.3 Å². The van der Waals surface area contributed by atoms with Gasteiger partial charge in [0.05, 0.1) is 5.69 Å². The fraction of sp³-hybridized carbons (Fsp3) is 0.333. The molecule has 0 N–H and O–H groups in total. The third-order valence-electron chi connectivity index (χ3n) is 2.59. The maximum Gasteiger partial charge on any atom is 0.162 e. The van der Waals surface area contributed by atoms with E-state index in [1.807, 2.05) is 13.1 Å². The van der Waals surface area contributed by atoms with Crippen LogP contribution in [0.25, 0.3) is 0 Å². The first kappa shape index (κ1) is 11.7. The molecule has 2 aromatic rings. The predicted molar refractivity (Wildman–Crippen MR) is 59.5 cm³/mol. The van der Waals surface area contributed by atoms with Crippen LogP contribution in [-0.2, 0) is 19.4 Å². The van der Waals surface area contributed by atoms with Gasteiger partial charge >= 0.3 is 0 Å². The fourth-order valence-electron chi connectivity index (χ4n) is 1.61. The summed E-state index contributed by atoms with van der Waals surface area (Å²) in [6, 6.07) is 4.21. The Kier molecular flexibility index (Phi) is 3.46. The van der Waals surface area contributed by atoms with Crippen LogP contribution in [0.1, 0.15) is 18.2 Å². The van der Waals surface area contributed by atoms with Gasteiger partial charge in [0.15, 0.2) is 11.6 Å². The van der Waals surface area contributed by atoms with E-state index in [0.717, 1.165) is 18.3 Å². The Bertz CT molecular complexity index is 508. The molecule has 1 heterocycles. The average molecular weight is 237 g/mol. The van der Waals surface area contributed by atoms with E-state index < -0.39 is 11.6 Å². The molecule has 0 aliphatic heterocycles. The SMILES string of the molecule is CCn1cc(CCc2cccc(F)c2F)nn1. The summed E-state index contributed by atoms with van der Waals surface area (Å²) < 4.78 is 28.0. The van der Waals surface area contributed by atoms with Crippen molar-refractivity contribution in [2.75, 3.05) is 0 Å². The van der Waals surface area contributed by atoms with Crippen LogP contribution in [0.4, 0.5) is 8.78 Å². The fourth-order valence-corrected chi connectivity index (χ4v) is 1.61. The Balaban J connectivity index is 2.04. The third kappa shape index (κ3) is 2.67. The minimum Gasteiger partial charge on any atom is -0.253 e. The zero-order chi connectivity index (χ0) is 12.3. The van der Waals surface area contributed by atoms with E-state index in [1.165, 1.54) is 6.07 Å². The highest BCUT2D eigenvalue weighted by molar-refractivity contribution is 5.19.